The third kappa shape index (κ3) is 46.6. The third-order valence-electron chi connectivity index (χ3n) is 6.03. The van der Waals surface area contributed by atoms with E-state index in [2.05, 4.69) is 34.3 Å². The van der Waals surface area contributed by atoms with Crippen molar-refractivity contribution in [2.24, 2.45) is 17.8 Å². The molecule has 0 spiro atoms. The predicted octanol–water partition coefficient (Wildman–Crippen LogP) is 2.38. The molecule has 0 aliphatic rings. The number of hydrogen-bond donors (Lipinski definition) is 0. The summed E-state index contributed by atoms with van der Waals surface area (Å²) in [7, 11) is -14.3. The zero-order valence-electron chi connectivity index (χ0n) is 25.5. The van der Waals surface area contributed by atoms with Crippen LogP contribution in [0.3, 0.4) is 0 Å². The number of unbranched alkanes of at least 4 members (excludes halogenated alkanes) is 3. The fourth-order valence-electron chi connectivity index (χ4n) is 3.28. The van der Waals surface area contributed by atoms with Gasteiger partial charge in [-0.15, -0.1) is 0 Å². The minimum absolute atomic E-state index is 0. The topological polar surface area (TPSA) is 217 Å². The molecule has 0 fully saturated rings. The van der Waals surface area contributed by atoms with E-state index < -0.39 is 23.5 Å². The van der Waals surface area contributed by atoms with Crippen molar-refractivity contribution in [3.63, 3.8) is 0 Å². The van der Waals surface area contributed by atoms with E-state index in [0.29, 0.717) is 0 Å². The molecule has 41 heavy (non-hydrogen) atoms. The third-order valence-corrected chi connectivity index (χ3v) is 7.43. The Bertz CT molecular complexity index is 598. The van der Waals surface area contributed by atoms with Crippen LogP contribution in [0, 0.1) is 17.8 Å². The fraction of sp³-hybridized carbons (Fsp3) is 1.00. The van der Waals surface area contributed by atoms with Gasteiger partial charge in [0.25, 0.3) is 0 Å². The summed E-state index contributed by atoms with van der Waals surface area (Å²) in [6.07, 6.45) is 11.7. The van der Waals surface area contributed by atoms with Gasteiger partial charge in [0.2, 0.25) is 0 Å². The molecule has 244 valence electrons. The Morgan fingerprint density at radius 3 is 0.780 bits per heavy atom. The minimum atomic E-state index is -4.76. The van der Waals surface area contributed by atoms with E-state index in [1.165, 1.54) is 0 Å². The first kappa shape index (κ1) is 52.6. The van der Waals surface area contributed by atoms with Gasteiger partial charge in [-0.05, 0) is 37.0 Å². The summed E-state index contributed by atoms with van der Waals surface area (Å²) in [6, 6.07) is 0. The van der Waals surface area contributed by atoms with Crippen LogP contribution in [-0.2, 0) is 27.3 Å². The van der Waals surface area contributed by atoms with Crippen molar-refractivity contribution in [2.75, 3.05) is 19.8 Å². The first-order valence-electron chi connectivity index (χ1n) is 14.0. The Labute approximate surface area is 286 Å². The Kier molecular flexibility index (Phi) is 41.1. The molecule has 0 aromatic rings. The second-order valence-electron chi connectivity index (χ2n) is 9.48. The number of phosphoric ester groups is 3. The summed E-state index contributed by atoms with van der Waals surface area (Å²) in [5.74, 6) is 0.573. The molecule has 4 radical (unpaired) electrons. The van der Waals surface area contributed by atoms with Crippen LogP contribution in [0.4, 0.5) is 0 Å². The summed E-state index contributed by atoms with van der Waals surface area (Å²) in [5, 5.41) is 0. The molecule has 0 aliphatic heterocycles. The maximum atomic E-state index is 10.2. The van der Waals surface area contributed by atoms with Gasteiger partial charge in [0.15, 0.2) is 0 Å². The maximum Gasteiger partial charge on any atom is 3.00 e. The monoisotopic (exact) mass is 1040 g/mol. The van der Waals surface area contributed by atoms with Crippen molar-refractivity contribution in [1.29, 1.82) is 0 Å². The quantitative estimate of drug-likeness (QED) is 0.120. The van der Waals surface area contributed by atoms with Gasteiger partial charge in [-0.2, -0.15) is 0 Å². The normalized spacial score (nSPS) is 13.8. The fourth-order valence-corrected chi connectivity index (χ4v) is 4.46. The van der Waals surface area contributed by atoms with Gasteiger partial charge in [-0.1, -0.05) is 99.3 Å². The predicted molar refractivity (Wildman–Crippen MR) is 152 cm³/mol. The maximum absolute atomic E-state index is 10.2. The Morgan fingerprint density at radius 1 is 0.463 bits per heavy atom. The first-order chi connectivity index (χ1) is 18.0. The molecule has 12 nitrogen and oxygen atoms in total. The molecule has 0 aliphatic carbocycles. The number of hydrogen-bond acceptors (Lipinski definition) is 12. The Hall–Kier alpha value is 2.10. The average molecular weight is 1040 g/mol. The van der Waals surface area contributed by atoms with Crippen LogP contribution in [0.2, 0.25) is 0 Å². The van der Waals surface area contributed by atoms with Crippen molar-refractivity contribution in [3.05, 3.63) is 0 Å². The number of phosphoric acid groups is 3. The van der Waals surface area contributed by atoms with E-state index >= 15 is 0 Å². The van der Waals surface area contributed by atoms with Crippen LogP contribution in [0.25, 0.3) is 0 Å². The SMILES string of the molecule is CCCCC(CC)COP(=O)([O-])[O-].CCCCC(CC)COP(=O)([O-])[O-].CCCCC(CC)COP(=O)([O-])[O-].[Bi+3].[Bi+3]. The molecule has 0 aromatic carbocycles. The molecule has 0 heterocycles. The zero-order valence-corrected chi connectivity index (χ0v) is 35.1. The van der Waals surface area contributed by atoms with Crippen LogP contribution in [0.5, 0.6) is 0 Å². The van der Waals surface area contributed by atoms with Crippen molar-refractivity contribution in [1.82, 2.24) is 0 Å². The molecule has 0 N–H and O–H groups in total. The van der Waals surface area contributed by atoms with Crippen molar-refractivity contribution in [2.45, 2.75) is 119 Å². The van der Waals surface area contributed by atoms with E-state index in [0.717, 1.165) is 77.0 Å². The molecule has 17 heteroatoms. The van der Waals surface area contributed by atoms with Crippen LogP contribution < -0.4 is 29.4 Å². The van der Waals surface area contributed by atoms with Gasteiger partial charge in [0.05, 0.1) is 43.3 Å². The van der Waals surface area contributed by atoms with E-state index in [4.69, 9.17) is 0 Å². The second kappa shape index (κ2) is 32.1. The largest absolute Gasteiger partial charge is 3.00 e. The molecule has 3 unspecified atom stereocenters. The van der Waals surface area contributed by atoms with Gasteiger partial charge >= 0.3 is 52.4 Å². The van der Waals surface area contributed by atoms with E-state index in [1.54, 1.807) is 0 Å². The van der Waals surface area contributed by atoms with Crippen molar-refractivity contribution >= 4 is 75.9 Å². The molecule has 0 bridgehead atoms. The average Bonchev–Trinajstić information content (AvgIpc) is 2.83. The standard InChI is InChI=1S/3C8H19O4P.2Bi/c3*1-3-5-6-8(4-2)7-12-13(9,10)11;;/h3*8H,3-7H2,1-2H3,(H2,9,10,11);;/q;;;2*+3/p-6. The summed E-state index contributed by atoms with van der Waals surface area (Å²) in [6.45, 7) is 12.2. The summed E-state index contributed by atoms with van der Waals surface area (Å²) < 4.78 is 43.2. The molecular weight excluding hydrogens is 991 g/mol. The van der Waals surface area contributed by atoms with Crippen LogP contribution in [0.1, 0.15) is 119 Å². The van der Waals surface area contributed by atoms with Crippen LogP contribution >= 0.6 is 23.5 Å². The van der Waals surface area contributed by atoms with Gasteiger partial charge in [0.1, 0.15) is 0 Å². The Balaban J connectivity index is -0.000000154. The zero-order chi connectivity index (χ0) is 31.0. The summed E-state index contributed by atoms with van der Waals surface area (Å²) in [5.41, 5.74) is 0. The molecular formula is C24H51Bi2O12P3. The smallest absolute Gasteiger partial charge is 0.790 e. The Morgan fingerprint density at radius 2 is 0.659 bits per heavy atom. The van der Waals surface area contributed by atoms with Crippen molar-refractivity contribution < 1.29 is 56.6 Å². The molecule has 0 saturated carbocycles. The van der Waals surface area contributed by atoms with Gasteiger partial charge in [-0.25, -0.2) is 0 Å². The van der Waals surface area contributed by atoms with Gasteiger partial charge in [0, 0.05) is 0 Å². The molecule has 0 rings (SSSR count). The van der Waals surface area contributed by atoms with Crippen LogP contribution in [0.15, 0.2) is 0 Å². The van der Waals surface area contributed by atoms with Gasteiger partial charge < -0.3 is 56.6 Å². The van der Waals surface area contributed by atoms with Gasteiger partial charge in [-0.3, -0.25) is 0 Å². The minimum Gasteiger partial charge on any atom is -0.790 e. The molecule has 3 atom stereocenters. The number of rotatable bonds is 21. The van der Waals surface area contributed by atoms with Crippen molar-refractivity contribution in [3.8, 4) is 0 Å². The molecule has 0 saturated heterocycles. The molecule has 0 aromatic heterocycles. The first-order valence-corrected chi connectivity index (χ1v) is 18.4. The summed E-state index contributed by atoms with van der Waals surface area (Å²) in [4.78, 5) is 61.1. The summed E-state index contributed by atoms with van der Waals surface area (Å²) >= 11 is 0. The van der Waals surface area contributed by atoms with E-state index in [1.807, 2.05) is 20.8 Å². The molecule has 0 amide bonds. The second-order valence-corrected chi connectivity index (χ2v) is 12.9. The van der Waals surface area contributed by atoms with E-state index in [9.17, 15) is 43.1 Å². The van der Waals surface area contributed by atoms with Crippen LogP contribution in [-0.4, -0.2) is 72.2 Å². The van der Waals surface area contributed by atoms with E-state index in [-0.39, 0.29) is 90.0 Å².